The molecule has 29 heavy (non-hydrogen) atoms. The Hall–Kier alpha value is -2.33. The van der Waals surface area contributed by atoms with Gasteiger partial charge in [0.15, 0.2) is 0 Å². The summed E-state index contributed by atoms with van der Waals surface area (Å²) in [7, 11) is -3.66. The van der Waals surface area contributed by atoms with Gasteiger partial charge in [-0.3, -0.25) is 15.0 Å². The van der Waals surface area contributed by atoms with Crippen LogP contribution < -0.4 is 4.72 Å². The number of ether oxygens (including phenoxy) is 1. The van der Waals surface area contributed by atoms with E-state index >= 15 is 0 Å². The van der Waals surface area contributed by atoms with Crippen LogP contribution in [0.5, 0.6) is 0 Å². The zero-order valence-corrected chi connectivity index (χ0v) is 16.9. The largest absolute Gasteiger partial charge is 0.371 e. The number of sulfonamides is 1. The second-order valence-electron chi connectivity index (χ2n) is 6.93. The SMILES string of the molecule is O=[N+]([O-])c1ccc(S(=O)(=O)NCCCCN2CCOC(c3ccccc3)C2)cc1. The Balaban J connectivity index is 1.40. The van der Waals surface area contributed by atoms with Gasteiger partial charge in [-0.1, -0.05) is 30.3 Å². The number of hydrogen-bond donors (Lipinski definition) is 1. The van der Waals surface area contributed by atoms with Crippen molar-refractivity contribution < 1.29 is 18.1 Å². The van der Waals surface area contributed by atoms with Crippen LogP contribution in [-0.2, 0) is 14.8 Å². The number of benzene rings is 2. The van der Waals surface area contributed by atoms with Gasteiger partial charge in [0.25, 0.3) is 5.69 Å². The number of nitro benzene ring substituents is 1. The van der Waals surface area contributed by atoms with E-state index in [0.717, 1.165) is 26.1 Å². The molecular weight excluding hydrogens is 394 g/mol. The second kappa shape index (κ2) is 9.93. The Morgan fingerprint density at radius 3 is 2.52 bits per heavy atom. The molecule has 2 aromatic rings. The van der Waals surface area contributed by atoms with E-state index in [-0.39, 0.29) is 16.7 Å². The van der Waals surface area contributed by atoms with Gasteiger partial charge in [0, 0.05) is 31.8 Å². The molecule has 9 heteroatoms. The van der Waals surface area contributed by atoms with Crippen LogP contribution in [0.3, 0.4) is 0 Å². The highest BCUT2D eigenvalue weighted by atomic mass is 32.2. The number of nitrogens with zero attached hydrogens (tertiary/aromatic N) is 2. The molecule has 0 radical (unpaired) electrons. The smallest absolute Gasteiger partial charge is 0.269 e. The summed E-state index contributed by atoms with van der Waals surface area (Å²) in [6, 6.07) is 15.0. The average molecular weight is 420 g/mol. The number of non-ortho nitro benzene ring substituents is 1. The monoisotopic (exact) mass is 419 g/mol. The molecule has 1 fully saturated rings. The highest BCUT2D eigenvalue weighted by Crippen LogP contribution is 2.22. The first kappa shape index (κ1) is 21.4. The topological polar surface area (TPSA) is 102 Å². The molecule has 2 aromatic carbocycles. The van der Waals surface area contributed by atoms with E-state index in [1.807, 2.05) is 18.2 Å². The highest BCUT2D eigenvalue weighted by Gasteiger charge is 2.21. The molecule has 0 amide bonds. The minimum Gasteiger partial charge on any atom is -0.371 e. The van der Waals surface area contributed by atoms with E-state index < -0.39 is 14.9 Å². The number of rotatable bonds is 9. The molecule has 0 spiro atoms. The zero-order chi connectivity index (χ0) is 20.7. The molecule has 0 bridgehead atoms. The Kier molecular flexibility index (Phi) is 7.32. The molecule has 0 aromatic heterocycles. The van der Waals surface area contributed by atoms with Crippen molar-refractivity contribution in [3.63, 3.8) is 0 Å². The van der Waals surface area contributed by atoms with E-state index in [4.69, 9.17) is 4.74 Å². The molecule has 1 N–H and O–H groups in total. The lowest BCUT2D eigenvalue weighted by atomic mass is 10.1. The molecule has 0 saturated carbocycles. The fourth-order valence-electron chi connectivity index (χ4n) is 3.27. The van der Waals surface area contributed by atoms with E-state index in [9.17, 15) is 18.5 Å². The summed E-state index contributed by atoms with van der Waals surface area (Å²) in [6.45, 7) is 3.60. The van der Waals surface area contributed by atoms with Crippen molar-refractivity contribution in [2.75, 3.05) is 32.8 Å². The number of hydrogen-bond acceptors (Lipinski definition) is 6. The van der Waals surface area contributed by atoms with Gasteiger partial charge in [0.1, 0.15) is 0 Å². The maximum Gasteiger partial charge on any atom is 0.269 e. The zero-order valence-electron chi connectivity index (χ0n) is 16.1. The van der Waals surface area contributed by atoms with E-state index in [0.29, 0.717) is 19.6 Å². The fraction of sp³-hybridized carbons (Fsp3) is 0.400. The molecular formula is C20H25N3O5S. The van der Waals surface area contributed by atoms with Gasteiger partial charge in [0.05, 0.1) is 22.5 Å². The Morgan fingerprint density at radius 2 is 1.83 bits per heavy atom. The van der Waals surface area contributed by atoms with Crippen LogP contribution in [0.4, 0.5) is 5.69 Å². The van der Waals surface area contributed by atoms with Crippen molar-refractivity contribution in [3.8, 4) is 0 Å². The van der Waals surface area contributed by atoms with Crippen LogP contribution >= 0.6 is 0 Å². The van der Waals surface area contributed by atoms with Crippen molar-refractivity contribution in [2.45, 2.75) is 23.8 Å². The van der Waals surface area contributed by atoms with Crippen molar-refractivity contribution in [1.29, 1.82) is 0 Å². The summed E-state index contributed by atoms with van der Waals surface area (Å²) in [4.78, 5) is 12.5. The first-order valence-electron chi connectivity index (χ1n) is 9.59. The molecule has 1 saturated heterocycles. The molecule has 3 rings (SSSR count). The van der Waals surface area contributed by atoms with Gasteiger partial charge in [-0.15, -0.1) is 0 Å². The number of morpholine rings is 1. The lowest BCUT2D eigenvalue weighted by Crippen LogP contribution is -2.39. The molecule has 1 atom stereocenters. The normalized spacial score (nSPS) is 17.9. The minimum absolute atomic E-state index is 0.0296. The molecule has 0 aliphatic carbocycles. The molecule has 1 heterocycles. The summed E-state index contributed by atoms with van der Waals surface area (Å²) < 4.78 is 33.0. The molecule has 1 unspecified atom stereocenters. The third kappa shape index (κ3) is 6.07. The fourth-order valence-corrected chi connectivity index (χ4v) is 4.35. The van der Waals surface area contributed by atoms with Gasteiger partial charge in [-0.2, -0.15) is 0 Å². The first-order chi connectivity index (χ1) is 14.0. The Bertz CT molecular complexity index is 903. The number of nitro groups is 1. The van der Waals surface area contributed by atoms with Gasteiger partial charge in [-0.05, 0) is 37.1 Å². The third-order valence-corrected chi connectivity index (χ3v) is 6.35. The Labute approximate surface area is 170 Å². The van der Waals surface area contributed by atoms with Crippen molar-refractivity contribution in [1.82, 2.24) is 9.62 Å². The first-order valence-corrected chi connectivity index (χ1v) is 11.1. The standard InChI is InChI=1S/C20H25N3O5S/c24-23(25)18-8-10-19(11-9-18)29(26,27)21-12-4-5-13-22-14-15-28-20(16-22)17-6-2-1-3-7-17/h1-3,6-11,20-21H,4-5,12-16H2. The van der Waals surface area contributed by atoms with Crippen molar-refractivity contribution >= 4 is 15.7 Å². The highest BCUT2D eigenvalue weighted by molar-refractivity contribution is 7.89. The molecule has 8 nitrogen and oxygen atoms in total. The summed E-state index contributed by atoms with van der Waals surface area (Å²) in [6.07, 6.45) is 1.65. The predicted octanol–water partition coefficient (Wildman–Crippen LogP) is 2.73. The Morgan fingerprint density at radius 1 is 1.10 bits per heavy atom. The van der Waals surface area contributed by atoms with Crippen LogP contribution in [0.1, 0.15) is 24.5 Å². The summed E-state index contributed by atoms with van der Waals surface area (Å²) in [5, 5.41) is 10.7. The quantitative estimate of drug-likeness (QED) is 0.381. The van der Waals surface area contributed by atoms with Gasteiger partial charge in [0.2, 0.25) is 10.0 Å². The van der Waals surface area contributed by atoms with Crippen LogP contribution in [0.15, 0.2) is 59.5 Å². The van der Waals surface area contributed by atoms with Crippen LogP contribution in [-0.4, -0.2) is 51.0 Å². The molecule has 156 valence electrons. The van der Waals surface area contributed by atoms with Crippen LogP contribution in [0.25, 0.3) is 0 Å². The van der Waals surface area contributed by atoms with Crippen molar-refractivity contribution in [3.05, 3.63) is 70.3 Å². The van der Waals surface area contributed by atoms with Crippen molar-refractivity contribution in [2.24, 2.45) is 0 Å². The number of nitrogens with one attached hydrogen (secondary N) is 1. The maximum absolute atomic E-state index is 12.3. The second-order valence-corrected chi connectivity index (χ2v) is 8.69. The third-order valence-electron chi connectivity index (χ3n) is 4.87. The predicted molar refractivity (Wildman–Crippen MR) is 109 cm³/mol. The van der Waals surface area contributed by atoms with Gasteiger partial charge < -0.3 is 4.74 Å². The lowest BCUT2D eigenvalue weighted by Gasteiger charge is -2.33. The minimum atomic E-state index is -3.66. The van der Waals surface area contributed by atoms with Gasteiger partial charge >= 0.3 is 0 Å². The molecule has 1 aliphatic heterocycles. The van der Waals surface area contributed by atoms with Crippen LogP contribution in [0.2, 0.25) is 0 Å². The summed E-state index contributed by atoms with van der Waals surface area (Å²) in [5.41, 5.74) is 1.04. The number of unbranched alkanes of at least 4 members (excludes halogenated alkanes) is 1. The van der Waals surface area contributed by atoms with Crippen LogP contribution in [0, 0.1) is 10.1 Å². The van der Waals surface area contributed by atoms with E-state index in [1.165, 1.54) is 29.8 Å². The lowest BCUT2D eigenvalue weighted by molar-refractivity contribution is -0.384. The summed E-state index contributed by atoms with van der Waals surface area (Å²) in [5.74, 6) is 0. The summed E-state index contributed by atoms with van der Waals surface area (Å²) >= 11 is 0. The average Bonchev–Trinajstić information content (AvgIpc) is 2.74. The van der Waals surface area contributed by atoms with E-state index in [2.05, 4.69) is 21.8 Å². The van der Waals surface area contributed by atoms with Gasteiger partial charge in [-0.25, -0.2) is 13.1 Å². The molecule has 1 aliphatic rings. The van der Waals surface area contributed by atoms with E-state index in [1.54, 1.807) is 0 Å². The maximum atomic E-state index is 12.3.